The van der Waals surface area contributed by atoms with Crippen molar-refractivity contribution < 1.29 is 4.79 Å². The van der Waals surface area contributed by atoms with E-state index in [1.807, 2.05) is 18.2 Å². The Kier molecular flexibility index (Phi) is 4.40. The van der Waals surface area contributed by atoms with Gasteiger partial charge in [0.2, 0.25) is 0 Å². The van der Waals surface area contributed by atoms with Crippen LogP contribution in [0.4, 0.5) is 5.69 Å². The Bertz CT molecular complexity index is 436. The van der Waals surface area contributed by atoms with Gasteiger partial charge in [0, 0.05) is 34.9 Å². The first kappa shape index (κ1) is 13.6. The second kappa shape index (κ2) is 5.85. The third-order valence-electron chi connectivity index (χ3n) is 3.49. The summed E-state index contributed by atoms with van der Waals surface area (Å²) < 4.78 is 0.875. The molecule has 0 N–H and O–H groups in total. The number of aldehydes is 1. The number of halogens is 1. The number of anilines is 1. The number of likely N-dealkylation sites (N-methyl/N-ethyl adjacent to an activating group) is 1. The quantitative estimate of drug-likeness (QED) is 0.785. The van der Waals surface area contributed by atoms with Gasteiger partial charge in [0.1, 0.15) is 0 Å². The molecule has 0 aromatic heterocycles. The number of benzene rings is 1. The Labute approximate surface area is 117 Å². The molecule has 98 valence electrons. The van der Waals surface area contributed by atoms with Gasteiger partial charge in [-0.2, -0.15) is 0 Å². The minimum Gasteiger partial charge on any atom is -0.367 e. The molecule has 1 heterocycles. The Balaban J connectivity index is 2.24. The van der Waals surface area contributed by atoms with Crippen LogP contribution in [-0.4, -0.2) is 43.9 Å². The number of carbonyl (C=O) groups is 1. The molecule has 1 aliphatic rings. The monoisotopic (exact) mass is 310 g/mol. The van der Waals surface area contributed by atoms with Gasteiger partial charge in [-0.3, -0.25) is 4.79 Å². The van der Waals surface area contributed by atoms with E-state index in [1.165, 1.54) is 12.1 Å². The fourth-order valence-electron chi connectivity index (χ4n) is 2.55. The summed E-state index contributed by atoms with van der Waals surface area (Å²) in [5.41, 5.74) is 1.90. The molecule has 3 nitrogen and oxygen atoms in total. The number of hydrogen-bond donors (Lipinski definition) is 0. The molecule has 2 rings (SSSR count). The molecule has 1 fully saturated rings. The average Bonchev–Trinajstić information content (AvgIpc) is 2.50. The molecule has 1 atom stereocenters. The Morgan fingerprint density at radius 1 is 1.39 bits per heavy atom. The minimum atomic E-state index is 0.492. The topological polar surface area (TPSA) is 23.6 Å². The maximum atomic E-state index is 10.8. The second-order valence-electron chi connectivity index (χ2n) is 4.98. The van der Waals surface area contributed by atoms with Crippen LogP contribution in [0.3, 0.4) is 0 Å². The van der Waals surface area contributed by atoms with Gasteiger partial charge in [-0.05, 0) is 61.1 Å². The summed E-state index contributed by atoms with van der Waals surface area (Å²) in [6.45, 7) is 5.54. The van der Waals surface area contributed by atoms with E-state index in [4.69, 9.17) is 0 Å². The molecule has 0 amide bonds. The Morgan fingerprint density at radius 3 is 2.83 bits per heavy atom. The standard InChI is InChI=1S/C14H19BrN2O/c1-11-9-16(2)6-3-7-17(11)13-5-4-12(10-18)14(15)8-13/h4-5,8,10-11H,3,6-7,9H2,1-2H3. The first-order valence-electron chi connectivity index (χ1n) is 6.31. The zero-order valence-electron chi connectivity index (χ0n) is 10.9. The minimum absolute atomic E-state index is 0.492. The summed E-state index contributed by atoms with van der Waals surface area (Å²) >= 11 is 3.46. The van der Waals surface area contributed by atoms with Crippen molar-refractivity contribution in [3.8, 4) is 0 Å². The highest BCUT2D eigenvalue weighted by atomic mass is 79.9. The lowest BCUT2D eigenvalue weighted by molar-refractivity contribution is 0.112. The van der Waals surface area contributed by atoms with Crippen LogP contribution in [0.1, 0.15) is 23.7 Å². The van der Waals surface area contributed by atoms with Crippen molar-refractivity contribution in [1.82, 2.24) is 4.90 Å². The smallest absolute Gasteiger partial charge is 0.151 e. The largest absolute Gasteiger partial charge is 0.367 e. The fraction of sp³-hybridized carbons (Fsp3) is 0.500. The predicted molar refractivity (Wildman–Crippen MR) is 78.5 cm³/mol. The summed E-state index contributed by atoms with van der Waals surface area (Å²) in [5, 5.41) is 0. The molecular formula is C14H19BrN2O. The Morgan fingerprint density at radius 2 is 2.17 bits per heavy atom. The van der Waals surface area contributed by atoms with Crippen LogP contribution in [0.5, 0.6) is 0 Å². The highest BCUT2D eigenvalue weighted by Crippen LogP contribution is 2.26. The van der Waals surface area contributed by atoms with Crippen molar-refractivity contribution in [2.24, 2.45) is 0 Å². The third kappa shape index (κ3) is 2.93. The summed E-state index contributed by atoms with van der Waals surface area (Å²) in [6.07, 6.45) is 2.06. The lowest BCUT2D eigenvalue weighted by Gasteiger charge is -2.30. The molecule has 0 spiro atoms. The van der Waals surface area contributed by atoms with Crippen molar-refractivity contribution >= 4 is 27.9 Å². The maximum absolute atomic E-state index is 10.8. The van der Waals surface area contributed by atoms with Gasteiger partial charge in [0.25, 0.3) is 0 Å². The Hall–Kier alpha value is -0.870. The molecule has 0 saturated carbocycles. The summed E-state index contributed by atoms with van der Waals surface area (Å²) in [6, 6.07) is 6.46. The summed E-state index contributed by atoms with van der Waals surface area (Å²) in [4.78, 5) is 15.6. The fourth-order valence-corrected chi connectivity index (χ4v) is 3.01. The van der Waals surface area contributed by atoms with Crippen LogP contribution >= 0.6 is 15.9 Å². The van der Waals surface area contributed by atoms with Crippen LogP contribution in [0.2, 0.25) is 0 Å². The number of rotatable bonds is 2. The third-order valence-corrected chi connectivity index (χ3v) is 4.18. The van der Waals surface area contributed by atoms with Crippen LogP contribution in [-0.2, 0) is 0 Å². The van der Waals surface area contributed by atoms with Crippen molar-refractivity contribution in [3.05, 3.63) is 28.2 Å². The van der Waals surface area contributed by atoms with E-state index >= 15 is 0 Å². The number of carbonyl (C=O) groups excluding carboxylic acids is 1. The summed E-state index contributed by atoms with van der Waals surface area (Å²) in [7, 11) is 2.17. The van der Waals surface area contributed by atoms with Crippen molar-refractivity contribution in [2.75, 3.05) is 31.6 Å². The van der Waals surface area contributed by atoms with Gasteiger partial charge in [0.15, 0.2) is 6.29 Å². The van der Waals surface area contributed by atoms with Gasteiger partial charge in [-0.15, -0.1) is 0 Å². The lowest BCUT2D eigenvalue weighted by Crippen LogP contribution is -2.37. The highest BCUT2D eigenvalue weighted by molar-refractivity contribution is 9.10. The summed E-state index contributed by atoms with van der Waals surface area (Å²) in [5.74, 6) is 0. The number of hydrogen-bond acceptors (Lipinski definition) is 3. The normalized spacial score (nSPS) is 21.7. The van der Waals surface area contributed by atoms with Gasteiger partial charge in [0.05, 0.1) is 0 Å². The molecule has 0 radical (unpaired) electrons. The molecule has 4 heteroatoms. The molecule has 1 saturated heterocycles. The van der Waals surface area contributed by atoms with Crippen molar-refractivity contribution in [2.45, 2.75) is 19.4 Å². The van der Waals surface area contributed by atoms with Crippen LogP contribution in [0, 0.1) is 0 Å². The van der Waals surface area contributed by atoms with Gasteiger partial charge in [-0.25, -0.2) is 0 Å². The van der Waals surface area contributed by atoms with Crippen LogP contribution in [0.15, 0.2) is 22.7 Å². The second-order valence-corrected chi connectivity index (χ2v) is 5.84. The molecule has 0 bridgehead atoms. The molecule has 0 aliphatic carbocycles. The molecule has 1 aromatic rings. The lowest BCUT2D eigenvalue weighted by atomic mass is 10.1. The van der Waals surface area contributed by atoms with Gasteiger partial charge in [-0.1, -0.05) is 0 Å². The highest BCUT2D eigenvalue weighted by Gasteiger charge is 2.20. The molecule has 18 heavy (non-hydrogen) atoms. The van der Waals surface area contributed by atoms with E-state index < -0.39 is 0 Å². The van der Waals surface area contributed by atoms with Gasteiger partial charge < -0.3 is 9.80 Å². The maximum Gasteiger partial charge on any atom is 0.151 e. The zero-order chi connectivity index (χ0) is 13.1. The van der Waals surface area contributed by atoms with E-state index in [0.717, 1.165) is 30.4 Å². The predicted octanol–water partition coefficient (Wildman–Crippen LogP) is 2.79. The van der Waals surface area contributed by atoms with Crippen LogP contribution < -0.4 is 4.90 Å². The average molecular weight is 311 g/mol. The van der Waals surface area contributed by atoms with E-state index in [-0.39, 0.29) is 0 Å². The van der Waals surface area contributed by atoms with E-state index in [0.29, 0.717) is 11.6 Å². The molecule has 1 aromatic carbocycles. The first-order chi connectivity index (χ1) is 8.61. The van der Waals surface area contributed by atoms with E-state index in [1.54, 1.807) is 0 Å². The first-order valence-corrected chi connectivity index (χ1v) is 7.11. The van der Waals surface area contributed by atoms with Crippen LogP contribution in [0.25, 0.3) is 0 Å². The molecular weight excluding hydrogens is 292 g/mol. The molecule has 1 aliphatic heterocycles. The SMILES string of the molecule is CC1CN(C)CCCN1c1ccc(C=O)c(Br)c1. The van der Waals surface area contributed by atoms with Gasteiger partial charge >= 0.3 is 0 Å². The van der Waals surface area contributed by atoms with E-state index in [2.05, 4.69) is 39.7 Å². The van der Waals surface area contributed by atoms with Crippen molar-refractivity contribution in [1.29, 1.82) is 0 Å². The van der Waals surface area contributed by atoms with E-state index in [9.17, 15) is 4.79 Å². The zero-order valence-corrected chi connectivity index (χ0v) is 12.5. The number of nitrogens with zero attached hydrogens (tertiary/aromatic N) is 2. The molecule has 1 unspecified atom stereocenters. The van der Waals surface area contributed by atoms with Crippen molar-refractivity contribution in [3.63, 3.8) is 0 Å².